The van der Waals surface area contributed by atoms with E-state index in [0.717, 1.165) is 0 Å². The van der Waals surface area contributed by atoms with Crippen LogP contribution in [0.5, 0.6) is 0 Å². The molecule has 1 aromatic carbocycles. The van der Waals surface area contributed by atoms with E-state index in [9.17, 15) is 5.21 Å². The minimum Gasteiger partial charge on any atom is -0.594 e. The highest BCUT2D eigenvalue weighted by Gasteiger charge is 2.01. The molecule has 0 bridgehead atoms. The number of para-hydroxylation sites is 2. The average molecular weight is 165 g/mol. The van der Waals surface area contributed by atoms with Gasteiger partial charge in [0.05, 0.1) is 0 Å². The number of fused-ring (bicyclic) bond motifs is 1. The highest BCUT2D eigenvalue weighted by atomic mass is 16.5. The second-order valence-corrected chi connectivity index (χ2v) is 2.12. The van der Waals surface area contributed by atoms with Gasteiger partial charge in [0.25, 0.3) is 5.52 Å². The molecule has 0 unspecified atom stereocenters. The number of aromatic nitrogens is 3. The van der Waals surface area contributed by atoms with Crippen molar-refractivity contribution < 1.29 is 10.3 Å². The second-order valence-electron chi connectivity index (χ2n) is 2.12. The lowest BCUT2D eigenvalue weighted by molar-refractivity contribution is -0.643. The lowest BCUT2D eigenvalue weighted by Crippen LogP contribution is -2.31. The number of rotatable bonds is 0. The van der Waals surface area contributed by atoms with Crippen molar-refractivity contribution in [3.05, 3.63) is 35.8 Å². The summed E-state index contributed by atoms with van der Waals surface area (Å²) >= 11 is 0. The first kappa shape index (κ1) is 8.35. The molecule has 2 aromatic rings. The predicted octanol–water partition coefficient (Wildman–Crippen LogP) is -0.562. The summed E-state index contributed by atoms with van der Waals surface area (Å²) in [6.45, 7) is 0. The quantitative estimate of drug-likeness (QED) is 0.387. The van der Waals surface area contributed by atoms with Crippen molar-refractivity contribution in [1.29, 1.82) is 0 Å². The molecule has 0 atom stereocenters. The molecule has 1 heterocycles. The molecular formula is C7H7N3O2. The van der Waals surface area contributed by atoms with Gasteiger partial charge in [-0.1, -0.05) is 12.1 Å². The van der Waals surface area contributed by atoms with Crippen LogP contribution >= 0.6 is 0 Å². The van der Waals surface area contributed by atoms with E-state index in [1.54, 1.807) is 18.2 Å². The van der Waals surface area contributed by atoms with Crippen molar-refractivity contribution in [3.63, 3.8) is 0 Å². The third-order valence-corrected chi connectivity index (χ3v) is 1.44. The molecular weight excluding hydrogens is 158 g/mol. The minimum absolute atomic E-state index is 0. The molecule has 0 saturated carbocycles. The zero-order valence-corrected chi connectivity index (χ0v) is 6.14. The fourth-order valence-corrected chi connectivity index (χ4v) is 0.932. The molecule has 0 aliphatic carbocycles. The first-order valence-corrected chi connectivity index (χ1v) is 3.17. The van der Waals surface area contributed by atoms with Gasteiger partial charge in [-0.15, -0.1) is 0 Å². The van der Waals surface area contributed by atoms with Crippen molar-refractivity contribution in [2.45, 2.75) is 0 Å². The zero-order valence-electron chi connectivity index (χ0n) is 6.14. The predicted molar refractivity (Wildman–Crippen MR) is 42.1 cm³/mol. The molecule has 2 rings (SSSR count). The Morgan fingerprint density at radius 1 is 1.25 bits per heavy atom. The first-order valence-electron chi connectivity index (χ1n) is 3.17. The molecule has 0 aliphatic rings. The Morgan fingerprint density at radius 2 is 2.00 bits per heavy atom. The maximum absolute atomic E-state index is 10.9. The summed E-state index contributed by atoms with van der Waals surface area (Å²) in [6.07, 6.45) is 1.25. The Morgan fingerprint density at radius 3 is 2.75 bits per heavy atom. The van der Waals surface area contributed by atoms with Crippen LogP contribution in [-0.4, -0.2) is 15.6 Å². The fourth-order valence-electron chi connectivity index (χ4n) is 0.932. The van der Waals surface area contributed by atoms with Gasteiger partial charge < -0.3 is 10.7 Å². The Kier molecular flexibility index (Phi) is 2.16. The molecule has 0 saturated heterocycles. The Labute approximate surface area is 68.2 Å². The van der Waals surface area contributed by atoms with Crippen LogP contribution in [0.4, 0.5) is 0 Å². The van der Waals surface area contributed by atoms with Crippen LogP contribution in [0.25, 0.3) is 11.0 Å². The summed E-state index contributed by atoms with van der Waals surface area (Å²) in [5, 5.41) is 14.4. The van der Waals surface area contributed by atoms with Crippen molar-refractivity contribution in [1.82, 2.24) is 10.1 Å². The SMILES string of the molecule is O.[O-][n+]1ncnc2ccccc21. The number of hydrogen-bond acceptors (Lipinski definition) is 3. The molecule has 2 N–H and O–H groups in total. The lowest BCUT2D eigenvalue weighted by Gasteiger charge is -1.94. The van der Waals surface area contributed by atoms with Crippen LogP contribution in [0.15, 0.2) is 30.6 Å². The smallest absolute Gasteiger partial charge is 0.270 e. The maximum Gasteiger partial charge on any atom is 0.270 e. The summed E-state index contributed by atoms with van der Waals surface area (Å²) in [7, 11) is 0. The number of benzene rings is 1. The number of hydrogen-bond donors (Lipinski definition) is 0. The standard InChI is InChI=1S/C7H5N3O.H2O/c11-10-7-4-2-1-3-6(7)8-5-9-10;/h1-5H;1H2. The van der Waals surface area contributed by atoms with Gasteiger partial charge >= 0.3 is 0 Å². The van der Waals surface area contributed by atoms with E-state index in [-0.39, 0.29) is 5.48 Å². The zero-order chi connectivity index (χ0) is 7.68. The topological polar surface area (TPSA) is 84.2 Å². The molecule has 0 aliphatic heterocycles. The first-order chi connectivity index (χ1) is 5.38. The van der Waals surface area contributed by atoms with Crippen molar-refractivity contribution in [2.24, 2.45) is 0 Å². The summed E-state index contributed by atoms with van der Waals surface area (Å²) in [4.78, 5) is 4.47. The van der Waals surface area contributed by atoms with Crippen LogP contribution < -0.4 is 4.85 Å². The van der Waals surface area contributed by atoms with Crippen molar-refractivity contribution in [3.8, 4) is 0 Å². The highest BCUT2D eigenvalue weighted by Crippen LogP contribution is 2.02. The van der Waals surface area contributed by atoms with Gasteiger partial charge in [-0.2, -0.15) is 0 Å². The Balaban J connectivity index is 0.000000720. The molecule has 0 amide bonds. The van der Waals surface area contributed by atoms with Gasteiger partial charge in [0.1, 0.15) is 5.52 Å². The Hall–Kier alpha value is -1.75. The number of nitrogens with zero attached hydrogens (tertiary/aromatic N) is 3. The molecule has 0 spiro atoms. The van der Waals surface area contributed by atoms with E-state index in [4.69, 9.17) is 0 Å². The van der Waals surface area contributed by atoms with Gasteiger partial charge in [0, 0.05) is 11.2 Å². The molecule has 0 radical (unpaired) electrons. The van der Waals surface area contributed by atoms with Gasteiger partial charge in [0.2, 0.25) is 0 Å². The summed E-state index contributed by atoms with van der Waals surface area (Å²) in [5.41, 5.74) is 1.16. The van der Waals surface area contributed by atoms with E-state index in [1.807, 2.05) is 6.07 Å². The lowest BCUT2D eigenvalue weighted by atomic mass is 10.3. The van der Waals surface area contributed by atoms with E-state index in [0.29, 0.717) is 15.9 Å². The Bertz CT molecular complexity index is 386. The van der Waals surface area contributed by atoms with Gasteiger partial charge in [-0.3, -0.25) is 0 Å². The average Bonchev–Trinajstić information content (AvgIpc) is 2.06. The molecule has 5 heteroatoms. The van der Waals surface area contributed by atoms with Gasteiger partial charge in [-0.05, 0) is 10.9 Å². The van der Waals surface area contributed by atoms with E-state index < -0.39 is 0 Å². The van der Waals surface area contributed by atoms with E-state index >= 15 is 0 Å². The monoisotopic (exact) mass is 165 g/mol. The summed E-state index contributed by atoms with van der Waals surface area (Å²) in [6, 6.07) is 7.06. The van der Waals surface area contributed by atoms with Crippen molar-refractivity contribution in [2.75, 3.05) is 0 Å². The van der Waals surface area contributed by atoms with Gasteiger partial charge in [-0.25, -0.2) is 4.98 Å². The van der Waals surface area contributed by atoms with Crippen LogP contribution in [0, 0.1) is 5.21 Å². The maximum atomic E-state index is 10.9. The second kappa shape index (κ2) is 3.10. The van der Waals surface area contributed by atoms with Gasteiger partial charge in [0.15, 0.2) is 6.33 Å². The molecule has 0 fully saturated rings. The van der Waals surface area contributed by atoms with E-state index in [2.05, 4.69) is 10.1 Å². The molecule has 62 valence electrons. The van der Waals surface area contributed by atoms with Crippen LogP contribution in [-0.2, 0) is 0 Å². The molecule has 12 heavy (non-hydrogen) atoms. The van der Waals surface area contributed by atoms with Crippen LogP contribution in [0.1, 0.15) is 0 Å². The summed E-state index contributed by atoms with van der Waals surface area (Å²) < 4.78 is 0. The van der Waals surface area contributed by atoms with Crippen LogP contribution in [0.3, 0.4) is 0 Å². The van der Waals surface area contributed by atoms with Crippen LogP contribution in [0.2, 0.25) is 0 Å². The third-order valence-electron chi connectivity index (χ3n) is 1.44. The van der Waals surface area contributed by atoms with E-state index in [1.165, 1.54) is 6.33 Å². The molecule has 1 aromatic heterocycles. The summed E-state index contributed by atoms with van der Waals surface area (Å²) in [5.74, 6) is 0. The highest BCUT2D eigenvalue weighted by molar-refractivity contribution is 5.69. The van der Waals surface area contributed by atoms with Crippen molar-refractivity contribution >= 4 is 11.0 Å². The fraction of sp³-hybridized carbons (Fsp3) is 0. The largest absolute Gasteiger partial charge is 0.594 e. The third kappa shape index (κ3) is 1.17. The normalized spacial score (nSPS) is 9.33. The minimum atomic E-state index is 0. The molecule has 5 nitrogen and oxygen atoms in total.